The number of benzene rings is 1. The predicted molar refractivity (Wildman–Crippen MR) is 75.2 cm³/mol. The van der Waals surface area contributed by atoms with E-state index in [2.05, 4.69) is 14.7 Å². The molecule has 0 spiro atoms. The summed E-state index contributed by atoms with van der Waals surface area (Å²) >= 11 is 0. The molecule has 0 radical (unpaired) electrons. The highest BCUT2D eigenvalue weighted by molar-refractivity contribution is 7.89. The molecule has 0 fully saturated rings. The van der Waals surface area contributed by atoms with E-state index in [9.17, 15) is 8.42 Å². The number of imidazole rings is 1. The highest BCUT2D eigenvalue weighted by Gasteiger charge is 2.15. The lowest BCUT2D eigenvalue weighted by molar-refractivity contribution is 0.322. The number of aryl methyl sites for hydroxylation is 2. The van der Waals surface area contributed by atoms with Crippen LogP contribution in [0.15, 0.2) is 35.5 Å². The number of nitrogens with one attached hydrogen (secondary N) is 2. The Morgan fingerprint density at radius 3 is 2.80 bits per heavy atom. The van der Waals surface area contributed by atoms with Crippen molar-refractivity contribution in [1.82, 2.24) is 14.7 Å². The molecule has 1 heterocycles. The van der Waals surface area contributed by atoms with Crippen molar-refractivity contribution in [3.05, 3.63) is 41.9 Å². The minimum Gasteiger partial charge on any atom is -0.492 e. The van der Waals surface area contributed by atoms with Gasteiger partial charge in [0.1, 0.15) is 18.2 Å². The van der Waals surface area contributed by atoms with Gasteiger partial charge in [0.15, 0.2) is 5.03 Å². The third-order valence-electron chi connectivity index (χ3n) is 2.62. The van der Waals surface area contributed by atoms with Crippen molar-refractivity contribution in [1.29, 1.82) is 0 Å². The topological polar surface area (TPSA) is 84.1 Å². The van der Waals surface area contributed by atoms with Crippen LogP contribution in [0, 0.1) is 13.8 Å². The molecule has 20 heavy (non-hydrogen) atoms. The molecule has 0 atom stereocenters. The Morgan fingerprint density at radius 1 is 1.35 bits per heavy atom. The van der Waals surface area contributed by atoms with Gasteiger partial charge in [-0.3, -0.25) is 0 Å². The number of hydrogen-bond acceptors (Lipinski definition) is 4. The zero-order chi connectivity index (χ0) is 14.6. The minimum atomic E-state index is -3.55. The van der Waals surface area contributed by atoms with Gasteiger partial charge in [0.25, 0.3) is 10.0 Å². The van der Waals surface area contributed by atoms with Gasteiger partial charge in [-0.1, -0.05) is 12.1 Å². The third-order valence-corrected chi connectivity index (χ3v) is 3.99. The Bertz CT molecular complexity index is 680. The second kappa shape index (κ2) is 6.06. The van der Waals surface area contributed by atoms with Crippen LogP contribution >= 0.6 is 0 Å². The maximum atomic E-state index is 11.9. The van der Waals surface area contributed by atoms with Crippen molar-refractivity contribution in [3.63, 3.8) is 0 Å². The first-order valence-corrected chi connectivity index (χ1v) is 7.66. The molecular formula is C13H17N3O3S. The Balaban J connectivity index is 1.84. The highest BCUT2D eigenvalue weighted by atomic mass is 32.2. The Labute approximate surface area is 118 Å². The van der Waals surface area contributed by atoms with Crippen molar-refractivity contribution in [2.75, 3.05) is 13.2 Å². The maximum absolute atomic E-state index is 11.9. The van der Waals surface area contributed by atoms with E-state index in [1.807, 2.05) is 31.2 Å². The standard InChI is InChI=1S/C13H17N3O3S/c1-10-4-3-5-12(8-10)19-7-6-15-20(17,18)13-9-14-11(2)16-13/h3-5,8-9,15H,6-7H2,1-2H3,(H,14,16). The predicted octanol–water partition coefficient (Wildman–Crippen LogP) is 1.38. The van der Waals surface area contributed by atoms with Gasteiger partial charge in [0, 0.05) is 6.54 Å². The number of ether oxygens (including phenoxy) is 1. The van der Waals surface area contributed by atoms with Crippen LogP contribution in [-0.4, -0.2) is 31.5 Å². The van der Waals surface area contributed by atoms with Crippen LogP contribution in [0.5, 0.6) is 5.75 Å². The van der Waals surface area contributed by atoms with Crippen molar-refractivity contribution in [3.8, 4) is 5.75 Å². The number of aromatic amines is 1. The fourth-order valence-electron chi connectivity index (χ4n) is 1.66. The summed E-state index contributed by atoms with van der Waals surface area (Å²) in [6.07, 6.45) is 1.29. The number of H-pyrrole nitrogens is 1. The lowest BCUT2D eigenvalue weighted by Gasteiger charge is -2.08. The van der Waals surface area contributed by atoms with Gasteiger partial charge in [-0.2, -0.15) is 0 Å². The number of rotatable bonds is 6. The highest BCUT2D eigenvalue weighted by Crippen LogP contribution is 2.12. The number of nitrogens with zero attached hydrogens (tertiary/aromatic N) is 1. The molecule has 0 aliphatic carbocycles. The summed E-state index contributed by atoms with van der Waals surface area (Å²) in [6.45, 7) is 4.11. The fraction of sp³-hybridized carbons (Fsp3) is 0.308. The average Bonchev–Trinajstić information content (AvgIpc) is 2.82. The zero-order valence-electron chi connectivity index (χ0n) is 11.4. The van der Waals surface area contributed by atoms with Crippen LogP contribution in [0.1, 0.15) is 11.4 Å². The molecular weight excluding hydrogens is 278 g/mol. The van der Waals surface area contributed by atoms with Crippen LogP contribution in [-0.2, 0) is 10.0 Å². The summed E-state index contributed by atoms with van der Waals surface area (Å²) < 4.78 is 31.7. The summed E-state index contributed by atoms with van der Waals surface area (Å²) in [6, 6.07) is 7.59. The average molecular weight is 295 g/mol. The SMILES string of the molecule is Cc1cccc(OCCNS(=O)(=O)c2cnc(C)[nH]2)c1. The van der Waals surface area contributed by atoms with Crippen molar-refractivity contribution in [2.45, 2.75) is 18.9 Å². The van der Waals surface area contributed by atoms with E-state index >= 15 is 0 Å². The fourth-order valence-corrected chi connectivity index (χ4v) is 2.64. The van der Waals surface area contributed by atoms with E-state index in [4.69, 9.17) is 4.74 Å². The summed E-state index contributed by atoms with van der Waals surface area (Å²) in [4.78, 5) is 6.54. The lowest BCUT2D eigenvalue weighted by atomic mass is 10.2. The summed E-state index contributed by atoms with van der Waals surface area (Å²) in [5.74, 6) is 1.28. The largest absolute Gasteiger partial charge is 0.492 e. The monoisotopic (exact) mass is 295 g/mol. The van der Waals surface area contributed by atoms with Crippen molar-refractivity contribution >= 4 is 10.0 Å². The molecule has 2 aromatic rings. The van der Waals surface area contributed by atoms with Gasteiger partial charge in [0.2, 0.25) is 0 Å². The van der Waals surface area contributed by atoms with E-state index in [1.165, 1.54) is 6.20 Å². The second-order valence-corrected chi connectivity index (χ2v) is 6.13. The molecule has 0 aliphatic heterocycles. The van der Waals surface area contributed by atoms with Gasteiger partial charge in [-0.05, 0) is 31.5 Å². The molecule has 108 valence electrons. The van der Waals surface area contributed by atoms with Gasteiger partial charge in [0.05, 0.1) is 6.20 Å². The molecule has 0 saturated heterocycles. The Morgan fingerprint density at radius 2 is 2.15 bits per heavy atom. The summed E-state index contributed by atoms with van der Waals surface area (Å²) in [5.41, 5.74) is 1.09. The van der Waals surface area contributed by atoms with Crippen LogP contribution in [0.3, 0.4) is 0 Å². The minimum absolute atomic E-state index is 0.0607. The van der Waals surface area contributed by atoms with Crippen molar-refractivity contribution in [2.24, 2.45) is 0 Å². The molecule has 0 aliphatic rings. The van der Waals surface area contributed by atoms with Gasteiger partial charge >= 0.3 is 0 Å². The van der Waals surface area contributed by atoms with Crippen LogP contribution < -0.4 is 9.46 Å². The quantitative estimate of drug-likeness (QED) is 0.789. The third kappa shape index (κ3) is 3.82. The zero-order valence-corrected chi connectivity index (χ0v) is 12.2. The smallest absolute Gasteiger partial charge is 0.257 e. The molecule has 2 rings (SSSR count). The number of sulfonamides is 1. The second-order valence-electron chi connectivity index (χ2n) is 4.40. The molecule has 0 bridgehead atoms. The van der Waals surface area contributed by atoms with Gasteiger partial charge in [-0.15, -0.1) is 0 Å². The number of aromatic nitrogens is 2. The first-order chi connectivity index (χ1) is 9.47. The molecule has 1 aromatic carbocycles. The summed E-state index contributed by atoms with van der Waals surface area (Å²) in [7, 11) is -3.55. The van der Waals surface area contributed by atoms with E-state index < -0.39 is 10.0 Å². The van der Waals surface area contributed by atoms with Crippen LogP contribution in [0.4, 0.5) is 0 Å². The molecule has 7 heteroatoms. The maximum Gasteiger partial charge on any atom is 0.257 e. The van der Waals surface area contributed by atoms with Crippen LogP contribution in [0.2, 0.25) is 0 Å². The first-order valence-electron chi connectivity index (χ1n) is 6.18. The Kier molecular flexibility index (Phi) is 4.41. The molecule has 0 unspecified atom stereocenters. The molecule has 6 nitrogen and oxygen atoms in total. The van der Waals surface area contributed by atoms with E-state index in [1.54, 1.807) is 6.92 Å². The normalized spacial score (nSPS) is 11.5. The molecule has 0 saturated carbocycles. The lowest BCUT2D eigenvalue weighted by Crippen LogP contribution is -2.28. The summed E-state index contributed by atoms with van der Waals surface area (Å²) in [5, 5.41) is 0.0607. The molecule has 1 aromatic heterocycles. The Hall–Kier alpha value is -1.86. The van der Waals surface area contributed by atoms with Gasteiger partial charge in [-0.25, -0.2) is 18.1 Å². The van der Waals surface area contributed by atoms with E-state index in [-0.39, 0.29) is 18.2 Å². The molecule has 0 amide bonds. The van der Waals surface area contributed by atoms with Crippen LogP contribution in [0.25, 0.3) is 0 Å². The number of hydrogen-bond donors (Lipinski definition) is 2. The van der Waals surface area contributed by atoms with Crippen molar-refractivity contribution < 1.29 is 13.2 Å². The van der Waals surface area contributed by atoms with Gasteiger partial charge < -0.3 is 9.72 Å². The van der Waals surface area contributed by atoms with E-state index in [0.29, 0.717) is 5.82 Å². The van der Waals surface area contributed by atoms with E-state index in [0.717, 1.165) is 11.3 Å². The first kappa shape index (κ1) is 14.5. The molecule has 2 N–H and O–H groups in total.